The van der Waals surface area contributed by atoms with Gasteiger partial charge in [0.2, 0.25) is 0 Å². The third kappa shape index (κ3) is 2.37. The van der Waals surface area contributed by atoms with Crippen molar-refractivity contribution in [2.75, 3.05) is 29.5 Å². The molecular weight excluding hydrogens is 244 g/mol. The average molecular weight is 255 g/mol. The van der Waals surface area contributed by atoms with Crippen molar-refractivity contribution in [1.29, 1.82) is 5.26 Å². The van der Waals surface area contributed by atoms with Crippen LogP contribution in [0.5, 0.6) is 0 Å². The molecule has 0 aliphatic carbocycles. The van der Waals surface area contributed by atoms with E-state index in [4.69, 9.17) is 16.9 Å². The lowest BCUT2D eigenvalue weighted by molar-refractivity contribution is 0.673. The van der Waals surface area contributed by atoms with Crippen LogP contribution in [0.25, 0.3) is 0 Å². The minimum absolute atomic E-state index is 0.564. The molecule has 0 atom stereocenters. The van der Waals surface area contributed by atoms with Crippen LogP contribution in [0.15, 0.2) is 18.2 Å². The first kappa shape index (κ1) is 11.4. The number of anilines is 1. The van der Waals surface area contributed by atoms with Crippen LogP contribution in [0.1, 0.15) is 5.56 Å². The van der Waals surface area contributed by atoms with E-state index < -0.39 is 10.8 Å². The van der Waals surface area contributed by atoms with Gasteiger partial charge in [-0.05, 0) is 18.2 Å². The van der Waals surface area contributed by atoms with Gasteiger partial charge >= 0.3 is 0 Å². The molecule has 0 amide bonds. The molecule has 0 radical (unpaired) electrons. The van der Waals surface area contributed by atoms with Gasteiger partial charge in [0.05, 0.1) is 22.3 Å². The highest BCUT2D eigenvalue weighted by molar-refractivity contribution is 7.85. The van der Waals surface area contributed by atoms with Crippen molar-refractivity contribution in [2.24, 2.45) is 0 Å². The van der Waals surface area contributed by atoms with Crippen molar-refractivity contribution in [3.8, 4) is 6.07 Å². The highest BCUT2D eigenvalue weighted by Gasteiger charge is 2.17. The molecule has 1 aromatic rings. The zero-order chi connectivity index (χ0) is 11.5. The highest BCUT2D eigenvalue weighted by atomic mass is 35.5. The van der Waals surface area contributed by atoms with E-state index in [1.807, 2.05) is 6.07 Å². The number of rotatable bonds is 1. The van der Waals surface area contributed by atoms with Gasteiger partial charge < -0.3 is 4.90 Å². The smallest absolute Gasteiger partial charge is 0.0992 e. The number of halogens is 1. The van der Waals surface area contributed by atoms with Gasteiger partial charge in [-0.2, -0.15) is 5.26 Å². The lowest BCUT2D eigenvalue weighted by Gasteiger charge is -2.29. The zero-order valence-electron chi connectivity index (χ0n) is 8.65. The number of nitriles is 1. The Labute approximate surface area is 102 Å². The monoisotopic (exact) mass is 254 g/mol. The van der Waals surface area contributed by atoms with Crippen molar-refractivity contribution < 1.29 is 4.21 Å². The molecule has 1 fully saturated rings. The van der Waals surface area contributed by atoms with Crippen LogP contribution in [0.3, 0.4) is 0 Å². The van der Waals surface area contributed by atoms with E-state index in [2.05, 4.69) is 11.0 Å². The predicted octanol–water partition coefficient (Wildman–Crippen LogP) is 1.78. The molecule has 2 rings (SSSR count). The van der Waals surface area contributed by atoms with E-state index in [1.165, 1.54) is 0 Å². The third-order valence-corrected chi connectivity index (χ3v) is 4.17. The molecule has 3 nitrogen and oxygen atoms in total. The Morgan fingerprint density at radius 1 is 1.38 bits per heavy atom. The summed E-state index contributed by atoms with van der Waals surface area (Å²) in [7, 11) is -0.684. The summed E-state index contributed by atoms with van der Waals surface area (Å²) in [6.45, 7) is 1.52. The quantitative estimate of drug-likeness (QED) is 0.767. The molecule has 1 saturated heterocycles. The van der Waals surface area contributed by atoms with Gasteiger partial charge in [-0.15, -0.1) is 0 Å². The predicted molar refractivity (Wildman–Crippen MR) is 66.3 cm³/mol. The van der Waals surface area contributed by atoms with Crippen LogP contribution in [-0.2, 0) is 10.8 Å². The molecule has 0 saturated carbocycles. The molecule has 1 aliphatic rings. The maximum absolute atomic E-state index is 11.2. The highest BCUT2D eigenvalue weighted by Crippen LogP contribution is 2.27. The second kappa shape index (κ2) is 4.86. The van der Waals surface area contributed by atoms with E-state index in [1.54, 1.807) is 12.1 Å². The van der Waals surface area contributed by atoms with Crippen molar-refractivity contribution in [3.63, 3.8) is 0 Å². The molecule has 0 bridgehead atoms. The fraction of sp³-hybridized carbons (Fsp3) is 0.364. The maximum Gasteiger partial charge on any atom is 0.0992 e. The normalized spacial score (nSPS) is 17.1. The topological polar surface area (TPSA) is 44.1 Å². The lowest BCUT2D eigenvalue weighted by Crippen LogP contribution is -2.37. The van der Waals surface area contributed by atoms with Crippen LogP contribution in [-0.4, -0.2) is 28.8 Å². The summed E-state index contributed by atoms with van der Waals surface area (Å²) in [5.41, 5.74) is 1.49. The molecular formula is C11H11ClN2OS. The van der Waals surface area contributed by atoms with Gasteiger partial charge in [-0.1, -0.05) is 11.6 Å². The van der Waals surface area contributed by atoms with E-state index in [0.717, 1.165) is 18.8 Å². The van der Waals surface area contributed by atoms with Gasteiger partial charge in [0.25, 0.3) is 0 Å². The van der Waals surface area contributed by atoms with Gasteiger partial charge in [0.15, 0.2) is 0 Å². The van der Waals surface area contributed by atoms with Crippen LogP contribution in [0.4, 0.5) is 5.69 Å². The fourth-order valence-corrected chi connectivity index (χ4v) is 3.06. The summed E-state index contributed by atoms with van der Waals surface area (Å²) in [4.78, 5) is 2.12. The lowest BCUT2D eigenvalue weighted by atomic mass is 10.2. The van der Waals surface area contributed by atoms with Crippen LogP contribution in [0.2, 0.25) is 5.02 Å². The molecule has 0 N–H and O–H groups in total. The summed E-state index contributed by atoms with van der Waals surface area (Å²) in [6.07, 6.45) is 0. The first-order chi connectivity index (χ1) is 7.70. The summed E-state index contributed by atoms with van der Waals surface area (Å²) < 4.78 is 11.2. The second-order valence-corrected chi connectivity index (χ2v) is 5.72. The Morgan fingerprint density at radius 2 is 2.06 bits per heavy atom. The van der Waals surface area contributed by atoms with E-state index >= 15 is 0 Å². The Kier molecular flexibility index (Phi) is 3.47. The van der Waals surface area contributed by atoms with Crippen LogP contribution < -0.4 is 4.90 Å². The van der Waals surface area contributed by atoms with Crippen molar-refractivity contribution in [3.05, 3.63) is 28.8 Å². The molecule has 0 aromatic heterocycles. The zero-order valence-corrected chi connectivity index (χ0v) is 10.2. The molecule has 0 spiro atoms. The molecule has 1 aliphatic heterocycles. The van der Waals surface area contributed by atoms with Crippen molar-refractivity contribution >= 4 is 28.1 Å². The largest absolute Gasteiger partial charge is 0.368 e. The van der Waals surface area contributed by atoms with Gasteiger partial charge in [-0.25, -0.2) is 0 Å². The molecule has 1 aromatic carbocycles. The van der Waals surface area contributed by atoms with Gasteiger partial charge in [-0.3, -0.25) is 4.21 Å². The Morgan fingerprint density at radius 3 is 2.62 bits per heavy atom. The molecule has 16 heavy (non-hydrogen) atoms. The summed E-state index contributed by atoms with van der Waals surface area (Å²) >= 11 is 6.11. The number of benzene rings is 1. The summed E-state index contributed by atoms with van der Waals surface area (Å²) in [5, 5.41) is 9.33. The number of hydrogen-bond donors (Lipinski definition) is 0. The van der Waals surface area contributed by atoms with Crippen molar-refractivity contribution in [2.45, 2.75) is 0 Å². The van der Waals surface area contributed by atoms with E-state index in [-0.39, 0.29) is 0 Å². The second-order valence-electron chi connectivity index (χ2n) is 3.61. The minimum Gasteiger partial charge on any atom is -0.368 e. The van der Waals surface area contributed by atoms with E-state index in [0.29, 0.717) is 22.1 Å². The molecule has 84 valence electrons. The Hall–Kier alpha value is -1.05. The van der Waals surface area contributed by atoms with Crippen molar-refractivity contribution in [1.82, 2.24) is 0 Å². The Bertz CT molecular complexity index is 460. The first-order valence-electron chi connectivity index (χ1n) is 5.00. The summed E-state index contributed by atoms with van der Waals surface area (Å²) in [5.74, 6) is 1.38. The maximum atomic E-state index is 11.2. The molecule has 5 heteroatoms. The van der Waals surface area contributed by atoms with Crippen LogP contribution >= 0.6 is 11.6 Å². The van der Waals surface area contributed by atoms with E-state index in [9.17, 15) is 4.21 Å². The molecule has 1 heterocycles. The fourth-order valence-electron chi connectivity index (χ4n) is 1.71. The Balaban J connectivity index is 2.21. The van der Waals surface area contributed by atoms with Gasteiger partial charge in [0, 0.05) is 35.4 Å². The standard InChI is InChI=1S/C11H11ClN2OS/c12-10-7-9(8-13)1-2-11(10)14-3-5-16(15)6-4-14/h1-2,7H,3-6H2. The first-order valence-corrected chi connectivity index (χ1v) is 6.87. The van der Waals surface area contributed by atoms with Gasteiger partial charge in [0.1, 0.15) is 0 Å². The number of hydrogen-bond acceptors (Lipinski definition) is 3. The summed E-state index contributed by atoms with van der Waals surface area (Å²) in [6, 6.07) is 7.34. The van der Waals surface area contributed by atoms with Crippen LogP contribution in [0, 0.1) is 11.3 Å². The average Bonchev–Trinajstić information content (AvgIpc) is 2.30. The SMILES string of the molecule is N#Cc1ccc(N2CCS(=O)CC2)c(Cl)c1. The minimum atomic E-state index is -0.684. The number of nitrogens with zero attached hydrogens (tertiary/aromatic N) is 2. The third-order valence-electron chi connectivity index (χ3n) is 2.60. The molecule has 0 unspecified atom stereocenters.